The maximum absolute atomic E-state index is 12.0. The molecule has 2 aromatic carbocycles. The average molecular weight is 360 g/mol. The Morgan fingerprint density at radius 2 is 1.81 bits per heavy atom. The fraction of sp³-hybridized carbons (Fsp3) is 0.182. The molecular formula is C22H20N2O3. The number of carbonyl (C=O) groups excluding carboxylic acids is 1. The van der Waals surface area contributed by atoms with Crippen molar-refractivity contribution in [3.8, 4) is 5.75 Å². The summed E-state index contributed by atoms with van der Waals surface area (Å²) < 4.78 is 13.1. The first-order valence-corrected chi connectivity index (χ1v) is 8.89. The van der Waals surface area contributed by atoms with Gasteiger partial charge in [0.2, 0.25) is 0 Å². The van der Waals surface area contributed by atoms with Gasteiger partial charge < -0.3 is 14.0 Å². The van der Waals surface area contributed by atoms with E-state index in [1.807, 2.05) is 55.6 Å². The topological polar surface area (TPSA) is 53.4 Å². The van der Waals surface area contributed by atoms with Gasteiger partial charge in [-0.05, 0) is 36.8 Å². The lowest BCUT2D eigenvalue weighted by atomic mass is 10.1. The number of benzene rings is 2. The van der Waals surface area contributed by atoms with Crippen molar-refractivity contribution in [2.75, 3.05) is 6.61 Å². The zero-order valence-electron chi connectivity index (χ0n) is 15.3. The zero-order valence-corrected chi connectivity index (χ0v) is 15.3. The SMILES string of the molecule is CCOC(=O)c1cc2c3cc(OCc4ccccc4)ccc3n(C)c2cn1. The van der Waals surface area contributed by atoms with Gasteiger partial charge >= 0.3 is 5.97 Å². The van der Waals surface area contributed by atoms with Crippen molar-refractivity contribution in [3.63, 3.8) is 0 Å². The van der Waals surface area contributed by atoms with Crippen LogP contribution in [0.25, 0.3) is 21.8 Å². The molecule has 0 bridgehead atoms. The number of fused-ring (bicyclic) bond motifs is 3. The normalized spacial score (nSPS) is 11.0. The van der Waals surface area contributed by atoms with Gasteiger partial charge in [-0.15, -0.1) is 0 Å². The molecule has 2 heterocycles. The quantitative estimate of drug-likeness (QED) is 0.492. The number of pyridine rings is 1. The monoisotopic (exact) mass is 360 g/mol. The number of hydrogen-bond donors (Lipinski definition) is 0. The third-order valence-electron chi connectivity index (χ3n) is 4.60. The van der Waals surface area contributed by atoms with E-state index < -0.39 is 5.97 Å². The minimum atomic E-state index is -0.409. The summed E-state index contributed by atoms with van der Waals surface area (Å²) in [6.07, 6.45) is 1.71. The maximum atomic E-state index is 12.0. The smallest absolute Gasteiger partial charge is 0.356 e. The summed E-state index contributed by atoms with van der Waals surface area (Å²) in [5.41, 5.74) is 3.44. The van der Waals surface area contributed by atoms with Gasteiger partial charge in [0.1, 0.15) is 18.1 Å². The van der Waals surface area contributed by atoms with Gasteiger partial charge in [0.05, 0.1) is 18.3 Å². The van der Waals surface area contributed by atoms with Crippen LogP contribution in [0.2, 0.25) is 0 Å². The Balaban J connectivity index is 1.73. The van der Waals surface area contributed by atoms with Crippen molar-refractivity contribution in [1.82, 2.24) is 9.55 Å². The van der Waals surface area contributed by atoms with Gasteiger partial charge in [0.25, 0.3) is 0 Å². The van der Waals surface area contributed by atoms with Crippen molar-refractivity contribution in [3.05, 3.63) is 72.1 Å². The molecule has 0 spiro atoms. The molecule has 0 saturated heterocycles. The van der Waals surface area contributed by atoms with Gasteiger partial charge in [0.15, 0.2) is 0 Å². The van der Waals surface area contributed by atoms with Crippen LogP contribution in [0, 0.1) is 0 Å². The van der Waals surface area contributed by atoms with Crippen molar-refractivity contribution in [1.29, 1.82) is 0 Å². The molecule has 0 aliphatic heterocycles. The number of ether oxygens (including phenoxy) is 2. The molecule has 0 N–H and O–H groups in total. The zero-order chi connectivity index (χ0) is 18.8. The van der Waals surface area contributed by atoms with Crippen LogP contribution in [0.1, 0.15) is 23.0 Å². The molecule has 4 aromatic rings. The second-order valence-corrected chi connectivity index (χ2v) is 6.32. The second kappa shape index (κ2) is 7.11. The average Bonchev–Trinajstić information content (AvgIpc) is 2.99. The minimum absolute atomic E-state index is 0.312. The van der Waals surface area contributed by atoms with Crippen LogP contribution < -0.4 is 4.74 Å². The predicted molar refractivity (Wildman–Crippen MR) is 105 cm³/mol. The van der Waals surface area contributed by atoms with E-state index in [0.717, 1.165) is 33.1 Å². The summed E-state index contributed by atoms with van der Waals surface area (Å²) in [7, 11) is 1.99. The number of esters is 1. The summed E-state index contributed by atoms with van der Waals surface area (Å²) in [5, 5.41) is 1.97. The van der Waals surface area contributed by atoms with Crippen molar-refractivity contribution < 1.29 is 14.3 Å². The van der Waals surface area contributed by atoms with Crippen LogP contribution in [0.3, 0.4) is 0 Å². The predicted octanol–water partition coefficient (Wildman–Crippen LogP) is 4.48. The molecule has 0 aliphatic carbocycles. The fourth-order valence-corrected chi connectivity index (χ4v) is 3.23. The summed E-state index contributed by atoms with van der Waals surface area (Å²) in [6, 6.07) is 17.8. The van der Waals surface area contributed by atoms with E-state index in [1.54, 1.807) is 19.2 Å². The van der Waals surface area contributed by atoms with Crippen molar-refractivity contribution in [2.24, 2.45) is 7.05 Å². The van der Waals surface area contributed by atoms with E-state index in [4.69, 9.17) is 9.47 Å². The van der Waals surface area contributed by atoms with E-state index in [1.165, 1.54) is 0 Å². The van der Waals surface area contributed by atoms with E-state index >= 15 is 0 Å². The van der Waals surface area contributed by atoms with E-state index in [2.05, 4.69) is 9.55 Å². The number of carbonyl (C=O) groups is 1. The van der Waals surface area contributed by atoms with Crippen molar-refractivity contribution >= 4 is 27.8 Å². The molecule has 27 heavy (non-hydrogen) atoms. The highest BCUT2D eigenvalue weighted by molar-refractivity contribution is 6.09. The lowest BCUT2D eigenvalue weighted by molar-refractivity contribution is 0.0519. The number of rotatable bonds is 5. The molecule has 0 radical (unpaired) electrons. The Morgan fingerprint density at radius 3 is 2.59 bits per heavy atom. The van der Waals surface area contributed by atoms with E-state index in [9.17, 15) is 4.79 Å². The molecule has 0 fully saturated rings. The minimum Gasteiger partial charge on any atom is -0.489 e. The summed E-state index contributed by atoms with van der Waals surface area (Å²) in [4.78, 5) is 16.3. The fourth-order valence-electron chi connectivity index (χ4n) is 3.23. The largest absolute Gasteiger partial charge is 0.489 e. The molecule has 0 saturated carbocycles. The summed E-state index contributed by atoms with van der Waals surface area (Å²) in [5.74, 6) is 0.376. The van der Waals surface area contributed by atoms with Crippen LogP contribution in [-0.2, 0) is 18.4 Å². The molecular weight excluding hydrogens is 340 g/mol. The Hall–Kier alpha value is -3.34. The molecule has 5 nitrogen and oxygen atoms in total. The number of hydrogen-bond acceptors (Lipinski definition) is 4. The molecule has 4 rings (SSSR count). The lowest BCUT2D eigenvalue weighted by Gasteiger charge is -2.07. The molecule has 136 valence electrons. The third kappa shape index (κ3) is 3.24. The molecule has 0 amide bonds. The lowest BCUT2D eigenvalue weighted by Crippen LogP contribution is -2.06. The van der Waals surface area contributed by atoms with Crippen LogP contribution >= 0.6 is 0 Å². The number of aryl methyl sites for hydroxylation is 1. The van der Waals surface area contributed by atoms with Crippen LogP contribution in [0.4, 0.5) is 0 Å². The second-order valence-electron chi connectivity index (χ2n) is 6.32. The van der Waals surface area contributed by atoms with Crippen LogP contribution in [-0.4, -0.2) is 22.1 Å². The molecule has 0 unspecified atom stereocenters. The molecule has 0 aliphatic rings. The summed E-state index contributed by atoms with van der Waals surface area (Å²) in [6.45, 7) is 2.61. The first-order chi connectivity index (χ1) is 13.2. The number of aromatic nitrogens is 2. The van der Waals surface area contributed by atoms with Crippen molar-refractivity contribution in [2.45, 2.75) is 13.5 Å². The third-order valence-corrected chi connectivity index (χ3v) is 4.60. The number of nitrogens with zero attached hydrogens (tertiary/aromatic N) is 2. The highest BCUT2D eigenvalue weighted by atomic mass is 16.5. The molecule has 2 aromatic heterocycles. The maximum Gasteiger partial charge on any atom is 0.356 e. The summed E-state index contributed by atoms with van der Waals surface area (Å²) >= 11 is 0. The molecule has 0 atom stereocenters. The highest BCUT2D eigenvalue weighted by Gasteiger charge is 2.14. The standard InChI is InChI=1S/C22H20N2O3/c1-3-26-22(25)19-12-18-17-11-16(27-14-15-7-5-4-6-8-15)9-10-20(17)24(2)21(18)13-23-19/h4-13H,3,14H2,1-2H3. The first kappa shape index (κ1) is 17.1. The highest BCUT2D eigenvalue weighted by Crippen LogP contribution is 2.31. The Labute approximate surface area is 157 Å². The first-order valence-electron chi connectivity index (χ1n) is 8.89. The van der Waals surface area contributed by atoms with Crippen LogP contribution in [0.15, 0.2) is 60.8 Å². The Bertz CT molecular complexity index is 1120. The van der Waals surface area contributed by atoms with E-state index in [-0.39, 0.29) is 0 Å². The van der Waals surface area contributed by atoms with E-state index in [0.29, 0.717) is 18.9 Å². The van der Waals surface area contributed by atoms with Crippen LogP contribution in [0.5, 0.6) is 5.75 Å². The van der Waals surface area contributed by atoms with Gasteiger partial charge in [0, 0.05) is 23.3 Å². The van der Waals surface area contributed by atoms with Gasteiger partial charge in [-0.2, -0.15) is 0 Å². The Morgan fingerprint density at radius 1 is 1.04 bits per heavy atom. The van der Waals surface area contributed by atoms with Gasteiger partial charge in [-0.25, -0.2) is 9.78 Å². The molecule has 5 heteroatoms. The van der Waals surface area contributed by atoms with Gasteiger partial charge in [-0.1, -0.05) is 30.3 Å². The van der Waals surface area contributed by atoms with Gasteiger partial charge in [-0.3, -0.25) is 0 Å². The Kier molecular flexibility index (Phi) is 4.50.